The summed E-state index contributed by atoms with van der Waals surface area (Å²) in [6.07, 6.45) is -0.889. The summed E-state index contributed by atoms with van der Waals surface area (Å²) >= 11 is 0. The Morgan fingerprint density at radius 1 is 1.31 bits per heavy atom. The van der Waals surface area contributed by atoms with Gasteiger partial charge in [-0.05, 0) is 31.2 Å². The highest BCUT2D eigenvalue weighted by atomic mass is 32.2. The van der Waals surface area contributed by atoms with Crippen molar-refractivity contribution in [1.29, 1.82) is 0 Å². The summed E-state index contributed by atoms with van der Waals surface area (Å²) in [5.74, 6) is 0.103. The Balaban J connectivity index is 2.76. The maximum absolute atomic E-state index is 10.9. The number of carbonyl (C=O) groups excluding carboxylic acids is 1. The Hall–Kier alpha value is -1.60. The van der Waals surface area contributed by atoms with Gasteiger partial charge in [0.25, 0.3) is 0 Å². The minimum Gasteiger partial charge on any atom is -0.744 e. The topological polar surface area (TPSA) is 92.7 Å². The van der Waals surface area contributed by atoms with Crippen LogP contribution >= 0.6 is 0 Å². The zero-order chi connectivity index (χ0) is 12.2. The molecule has 0 bridgehead atoms. The van der Waals surface area contributed by atoms with Crippen molar-refractivity contribution in [1.82, 2.24) is 0 Å². The lowest BCUT2D eigenvalue weighted by Crippen LogP contribution is -2.10. The van der Waals surface area contributed by atoms with Crippen LogP contribution in [0.5, 0.6) is 5.75 Å². The van der Waals surface area contributed by atoms with E-state index in [-0.39, 0.29) is 17.3 Å². The molecule has 6 nitrogen and oxygen atoms in total. The monoisotopic (exact) mass is 245 g/mol. The van der Waals surface area contributed by atoms with Gasteiger partial charge in [-0.3, -0.25) is 0 Å². The minimum absolute atomic E-state index is 0.103. The van der Waals surface area contributed by atoms with Crippen LogP contribution in [0.3, 0.4) is 0 Å². The number of hydrogen-bond donors (Lipinski definition) is 0. The fourth-order valence-electron chi connectivity index (χ4n) is 0.918. The number of ether oxygens (including phenoxy) is 2. The van der Waals surface area contributed by atoms with E-state index >= 15 is 0 Å². The van der Waals surface area contributed by atoms with Gasteiger partial charge in [-0.25, -0.2) is 13.2 Å². The van der Waals surface area contributed by atoms with Gasteiger partial charge < -0.3 is 14.0 Å². The third kappa shape index (κ3) is 3.52. The molecule has 88 valence electrons. The van der Waals surface area contributed by atoms with Crippen LogP contribution in [0.25, 0.3) is 0 Å². The molecular weight excluding hydrogens is 236 g/mol. The third-order valence-corrected chi connectivity index (χ3v) is 2.43. The normalized spacial score (nSPS) is 10.9. The second-order valence-corrected chi connectivity index (χ2v) is 4.09. The molecule has 0 radical (unpaired) electrons. The molecule has 16 heavy (non-hydrogen) atoms. The maximum Gasteiger partial charge on any atom is 0.513 e. The van der Waals surface area contributed by atoms with Gasteiger partial charge in [-0.2, -0.15) is 0 Å². The fraction of sp³-hybridized carbons (Fsp3) is 0.222. The lowest BCUT2D eigenvalue weighted by molar-refractivity contribution is 0.104. The van der Waals surface area contributed by atoms with Crippen LogP contribution in [0.15, 0.2) is 29.2 Å². The molecule has 0 heterocycles. The molecule has 1 aromatic rings. The summed E-state index contributed by atoms with van der Waals surface area (Å²) in [7, 11) is -4.48. The van der Waals surface area contributed by atoms with Crippen molar-refractivity contribution in [2.45, 2.75) is 11.8 Å². The lowest BCUT2D eigenvalue weighted by Gasteiger charge is -2.07. The van der Waals surface area contributed by atoms with Gasteiger partial charge in [0.1, 0.15) is 15.9 Å². The van der Waals surface area contributed by atoms with Crippen LogP contribution in [0, 0.1) is 0 Å². The van der Waals surface area contributed by atoms with E-state index in [4.69, 9.17) is 0 Å². The first-order valence-electron chi connectivity index (χ1n) is 4.34. The number of benzene rings is 1. The van der Waals surface area contributed by atoms with Gasteiger partial charge in [0.05, 0.1) is 11.5 Å². The smallest absolute Gasteiger partial charge is 0.513 e. The summed E-state index contributed by atoms with van der Waals surface area (Å²) in [4.78, 5) is 10.5. The van der Waals surface area contributed by atoms with Gasteiger partial charge in [0, 0.05) is 0 Å². The summed E-state index contributed by atoms with van der Waals surface area (Å²) in [5.41, 5.74) is 0. The average Bonchev–Trinajstić information content (AvgIpc) is 2.17. The maximum atomic E-state index is 10.9. The molecule has 0 fully saturated rings. The zero-order valence-electron chi connectivity index (χ0n) is 8.37. The molecule has 0 aliphatic carbocycles. The standard InChI is InChI=1S/C9H10O6S/c1-2-14-9(10)15-7-3-5-8(6-4-7)16(11,12)13/h3-6H,2H2,1H3,(H,11,12,13)/p-1. The summed E-state index contributed by atoms with van der Waals surface area (Å²) in [6.45, 7) is 1.79. The average molecular weight is 245 g/mol. The molecule has 0 spiro atoms. The van der Waals surface area contributed by atoms with Crippen molar-refractivity contribution in [2.24, 2.45) is 0 Å². The molecule has 0 aromatic heterocycles. The number of carbonyl (C=O) groups is 1. The summed E-state index contributed by atoms with van der Waals surface area (Å²) in [5, 5.41) is 0. The van der Waals surface area contributed by atoms with Gasteiger partial charge in [0.15, 0.2) is 0 Å². The molecule has 0 aliphatic heterocycles. The largest absolute Gasteiger partial charge is 0.744 e. The molecular formula is C9H9O6S-. The lowest BCUT2D eigenvalue weighted by atomic mass is 10.3. The highest BCUT2D eigenvalue weighted by Crippen LogP contribution is 2.15. The molecule has 1 rings (SSSR count). The van der Waals surface area contributed by atoms with E-state index in [1.165, 1.54) is 12.1 Å². The van der Waals surface area contributed by atoms with E-state index in [0.717, 1.165) is 12.1 Å². The van der Waals surface area contributed by atoms with Crippen LogP contribution in [-0.2, 0) is 14.9 Å². The second kappa shape index (κ2) is 4.95. The quantitative estimate of drug-likeness (QED) is 0.450. The van der Waals surface area contributed by atoms with Gasteiger partial charge in [-0.15, -0.1) is 0 Å². The van der Waals surface area contributed by atoms with Gasteiger partial charge in [0.2, 0.25) is 0 Å². The van der Waals surface area contributed by atoms with Crippen molar-refractivity contribution in [2.75, 3.05) is 6.61 Å². The Bertz CT molecular complexity index is 461. The van der Waals surface area contributed by atoms with E-state index in [9.17, 15) is 17.8 Å². The fourth-order valence-corrected chi connectivity index (χ4v) is 1.39. The predicted molar refractivity (Wildman–Crippen MR) is 52.1 cm³/mol. The molecule has 0 saturated heterocycles. The van der Waals surface area contributed by atoms with Gasteiger partial charge in [-0.1, -0.05) is 0 Å². The minimum atomic E-state index is -4.48. The first-order chi connectivity index (χ1) is 7.43. The van der Waals surface area contributed by atoms with Crippen LogP contribution in [-0.4, -0.2) is 25.7 Å². The number of rotatable bonds is 3. The number of hydrogen-bond acceptors (Lipinski definition) is 6. The SMILES string of the molecule is CCOC(=O)Oc1ccc(S(=O)(=O)[O-])cc1. The van der Waals surface area contributed by atoms with Crippen molar-refractivity contribution >= 4 is 16.3 Å². The van der Waals surface area contributed by atoms with E-state index < -0.39 is 16.3 Å². The van der Waals surface area contributed by atoms with E-state index in [1.807, 2.05) is 0 Å². The predicted octanol–water partition coefficient (Wildman–Crippen LogP) is 1.13. The summed E-state index contributed by atoms with van der Waals surface area (Å²) < 4.78 is 40.9. The summed E-state index contributed by atoms with van der Waals surface area (Å²) in [6, 6.07) is 4.50. The highest BCUT2D eigenvalue weighted by Gasteiger charge is 2.06. The molecule has 0 saturated carbocycles. The Labute approximate surface area is 92.5 Å². The van der Waals surface area contributed by atoms with Crippen molar-refractivity contribution in [3.63, 3.8) is 0 Å². The van der Waals surface area contributed by atoms with E-state index in [2.05, 4.69) is 9.47 Å². The first kappa shape index (κ1) is 12.5. The van der Waals surface area contributed by atoms with Crippen molar-refractivity contribution < 1.29 is 27.2 Å². The highest BCUT2D eigenvalue weighted by molar-refractivity contribution is 7.85. The first-order valence-corrected chi connectivity index (χ1v) is 5.75. The molecule has 0 amide bonds. The van der Waals surface area contributed by atoms with Crippen LogP contribution in [0.2, 0.25) is 0 Å². The third-order valence-electron chi connectivity index (χ3n) is 1.58. The molecule has 0 aliphatic rings. The Morgan fingerprint density at radius 2 is 1.88 bits per heavy atom. The van der Waals surface area contributed by atoms with Crippen LogP contribution < -0.4 is 4.74 Å². The Kier molecular flexibility index (Phi) is 3.86. The van der Waals surface area contributed by atoms with Gasteiger partial charge >= 0.3 is 6.16 Å². The zero-order valence-corrected chi connectivity index (χ0v) is 9.19. The Morgan fingerprint density at radius 3 is 2.31 bits per heavy atom. The van der Waals surface area contributed by atoms with E-state index in [0.29, 0.717) is 0 Å². The van der Waals surface area contributed by atoms with Crippen LogP contribution in [0.4, 0.5) is 4.79 Å². The van der Waals surface area contributed by atoms with Crippen molar-refractivity contribution in [3.8, 4) is 5.75 Å². The molecule has 0 unspecified atom stereocenters. The molecule has 0 atom stereocenters. The van der Waals surface area contributed by atoms with Crippen molar-refractivity contribution in [3.05, 3.63) is 24.3 Å². The molecule has 0 N–H and O–H groups in total. The molecule has 7 heteroatoms. The van der Waals surface area contributed by atoms with E-state index in [1.54, 1.807) is 6.92 Å². The molecule has 1 aromatic carbocycles. The second-order valence-electron chi connectivity index (χ2n) is 2.71. The van der Waals surface area contributed by atoms with Crippen LogP contribution in [0.1, 0.15) is 6.92 Å².